The van der Waals surface area contributed by atoms with Crippen LogP contribution >= 0.6 is 0 Å². The molecule has 0 aliphatic heterocycles. The topological polar surface area (TPSA) is 67.6 Å². The van der Waals surface area contributed by atoms with Gasteiger partial charge in [0.1, 0.15) is 23.6 Å². The number of nitriles is 1. The molecule has 2 N–H and O–H groups in total. The molecule has 1 aromatic carbocycles. The Hall–Kier alpha value is -2.92. The Labute approximate surface area is 165 Å². The first-order chi connectivity index (χ1) is 13.4. The van der Waals surface area contributed by atoms with E-state index in [1.807, 2.05) is 26.8 Å². The lowest BCUT2D eigenvalue weighted by atomic mass is 9.96. The summed E-state index contributed by atoms with van der Waals surface area (Å²) in [5.74, 6) is -0.744. The van der Waals surface area contributed by atoms with E-state index in [1.165, 1.54) is 18.5 Å². The fourth-order valence-corrected chi connectivity index (χ4v) is 3.32. The zero-order valence-electron chi connectivity index (χ0n) is 16.2. The van der Waals surface area contributed by atoms with Crippen molar-refractivity contribution in [3.8, 4) is 17.2 Å². The van der Waals surface area contributed by atoms with Gasteiger partial charge in [0.2, 0.25) is 0 Å². The maximum atomic E-state index is 14.9. The average molecular weight is 404 g/mol. The normalized spacial score (nSPS) is 13.5. The molecule has 0 fully saturated rings. The second-order valence-electron chi connectivity index (χ2n) is 8.15. The lowest BCUT2D eigenvalue weighted by Crippen LogP contribution is -2.28. The second-order valence-corrected chi connectivity index (χ2v) is 8.15. The molecule has 4 nitrogen and oxygen atoms in total. The van der Waals surface area contributed by atoms with Crippen molar-refractivity contribution in [2.24, 2.45) is 11.1 Å². The smallest absolute Gasteiger partial charge is 0.347 e. The van der Waals surface area contributed by atoms with E-state index in [1.54, 1.807) is 16.7 Å². The zero-order chi connectivity index (χ0) is 21.6. The molecule has 8 heteroatoms. The Morgan fingerprint density at radius 1 is 1.21 bits per heavy atom. The van der Waals surface area contributed by atoms with Crippen molar-refractivity contribution in [1.82, 2.24) is 9.55 Å². The van der Waals surface area contributed by atoms with Crippen molar-refractivity contribution in [2.75, 3.05) is 0 Å². The van der Waals surface area contributed by atoms with E-state index in [-0.39, 0.29) is 33.2 Å². The van der Waals surface area contributed by atoms with Crippen LogP contribution in [0.1, 0.15) is 38.1 Å². The van der Waals surface area contributed by atoms with Crippen molar-refractivity contribution in [3.63, 3.8) is 0 Å². The van der Waals surface area contributed by atoms with Gasteiger partial charge >= 0.3 is 6.18 Å². The number of hydrogen-bond acceptors (Lipinski definition) is 3. The van der Waals surface area contributed by atoms with Crippen molar-refractivity contribution in [2.45, 2.75) is 39.5 Å². The molecule has 0 saturated carbocycles. The van der Waals surface area contributed by atoms with Crippen molar-refractivity contribution in [1.29, 1.82) is 5.26 Å². The van der Waals surface area contributed by atoms with Crippen LogP contribution in [0.25, 0.3) is 22.0 Å². The van der Waals surface area contributed by atoms with Gasteiger partial charge in [0.25, 0.3) is 0 Å². The summed E-state index contributed by atoms with van der Waals surface area (Å²) in [5.41, 5.74) is 5.84. The number of nitrogens with zero attached hydrogens (tertiary/aromatic N) is 3. The molecule has 0 radical (unpaired) electrons. The van der Waals surface area contributed by atoms with Gasteiger partial charge in [-0.25, -0.2) is 9.37 Å². The number of benzene rings is 1. The number of pyridine rings is 1. The molecule has 3 rings (SSSR count). The molecule has 0 aliphatic rings. The molecular weight excluding hydrogens is 384 g/mol. The molecule has 3 aromatic rings. The third kappa shape index (κ3) is 4.10. The van der Waals surface area contributed by atoms with Crippen LogP contribution in [0.15, 0.2) is 36.7 Å². The molecule has 0 saturated heterocycles. The van der Waals surface area contributed by atoms with Crippen molar-refractivity contribution >= 4 is 10.9 Å². The first-order valence-electron chi connectivity index (χ1n) is 8.92. The third-order valence-corrected chi connectivity index (χ3v) is 4.54. The molecule has 2 aromatic heterocycles. The number of alkyl halides is 3. The maximum absolute atomic E-state index is 14.9. The second kappa shape index (κ2) is 7.16. The van der Waals surface area contributed by atoms with E-state index in [9.17, 15) is 22.8 Å². The number of aromatic nitrogens is 2. The monoisotopic (exact) mass is 404 g/mol. The summed E-state index contributed by atoms with van der Waals surface area (Å²) in [6, 6.07) is 5.31. The van der Waals surface area contributed by atoms with Gasteiger partial charge in [-0.1, -0.05) is 20.8 Å². The highest BCUT2D eigenvalue weighted by atomic mass is 19.4. The van der Waals surface area contributed by atoms with Crippen LogP contribution in [0, 0.1) is 22.6 Å². The molecule has 0 amide bonds. The Kier molecular flexibility index (Phi) is 5.13. The van der Waals surface area contributed by atoms with Crippen LogP contribution in [0.2, 0.25) is 0 Å². The number of hydrogen-bond donors (Lipinski definition) is 1. The van der Waals surface area contributed by atoms with Crippen LogP contribution < -0.4 is 5.73 Å². The predicted molar refractivity (Wildman–Crippen MR) is 102 cm³/mol. The van der Waals surface area contributed by atoms with Gasteiger partial charge < -0.3 is 10.3 Å². The van der Waals surface area contributed by atoms with Crippen molar-refractivity contribution in [3.05, 3.63) is 53.7 Å². The maximum Gasteiger partial charge on any atom is 0.407 e. The Bertz CT molecular complexity index is 1100. The highest BCUT2D eigenvalue weighted by Crippen LogP contribution is 2.39. The van der Waals surface area contributed by atoms with E-state index in [2.05, 4.69) is 4.98 Å². The summed E-state index contributed by atoms with van der Waals surface area (Å²) in [4.78, 5) is 3.94. The van der Waals surface area contributed by atoms with Crippen molar-refractivity contribution < 1.29 is 17.6 Å². The average Bonchev–Trinajstić information content (AvgIpc) is 2.95. The van der Waals surface area contributed by atoms with Crippen LogP contribution in [0.5, 0.6) is 0 Å². The third-order valence-electron chi connectivity index (χ3n) is 4.54. The molecule has 0 bridgehead atoms. The van der Waals surface area contributed by atoms with Gasteiger partial charge in [0.15, 0.2) is 0 Å². The highest BCUT2D eigenvalue weighted by molar-refractivity contribution is 5.89. The van der Waals surface area contributed by atoms with Crippen LogP contribution in [-0.2, 0) is 6.54 Å². The minimum absolute atomic E-state index is 0.0342. The number of rotatable bonds is 3. The molecule has 0 aliphatic carbocycles. The van der Waals surface area contributed by atoms with Crippen LogP contribution in [0.3, 0.4) is 0 Å². The lowest BCUT2D eigenvalue weighted by Gasteiger charge is -2.20. The molecule has 2 heterocycles. The predicted octanol–water partition coefficient (Wildman–Crippen LogP) is 5.32. The zero-order valence-corrected chi connectivity index (χ0v) is 16.2. The van der Waals surface area contributed by atoms with Gasteiger partial charge in [0, 0.05) is 46.5 Å². The first-order valence-corrected chi connectivity index (χ1v) is 8.92. The summed E-state index contributed by atoms with van der Waals surface area (Å²) in [5, 5.41) is 9.38. The minimum atomic E-state index is -4.66. The molecule has 0 spiro atoms. The summed E-state index contributed by atoms with van der Waals surface area (Å²) in [6.07, 6.45) is -1.90. The van der Waals surface area contributed by atoms with E-state index < -0.39 is 18.0 Å². The highest BCUT2D eigenvalue weighted by Gasteiger charge is 2.39. The van der Waals surface area contributed by atoms with Crippen LogP contribution in [0.4, 0.5) is 17.6 Å². The lowest BCUT2D eigenvalue weighted by molar-refractivity contribution is -0.148. The SMILES string of the molecule is CC(C)(C)Cn1cc([C@H](N)C(F)(F)F)c2cc(F)c(-c3cccnc3C#N)cc21. The standard InChI is InChI=1S/C21H20F4N4/c1-20(2,3)11-29-10-15(19(27)21(23,24)25)14-7-16(22)13(8-18(14)29)12-5-4-6-28-17(12)9-26/h4-8,10,19H,11,27H2,1-3H3/t19-/m0/s1. The van der Waals surface area contributed by atoms with Gasteiger partial charge in [-0.15, -0.1) is 0 Å². The summed E-state index contributed by atoms with van der Waals surface area (Å²) in [6.45, 7) is 6.24. The summed E-state index contributed by atoms with van der Waals surface area (Å²) in [7, 11) is 0. The molecule has 152 valence electrons. The fraction of sp³-hybridized carbons (Fsp3) is 0.333. The Morgan fingerprint density at radius 2 is 1.90 bits per heavy atom. The van der Waals surface area contributed by atoms with E-state index in [0.29, 0.717) is 12.1 Å². The first kappa shape index (κ1) is 20.8. The van der Waals surface area contributed by atoms with E-state index >= 15 is 0 Å². The Morgan fingerprint density at radius 3 is 2.48 bits per heavy atom. The summed E-state index contributed by atoms with van der Waals surface area (Å²) < 4.78 is 56.4. The number of halogens is 4. The van der Waals surface area contributed by atoms with Gasteiger partial charge in [-0.2, -0.15) is 18.4 Å². The summed E-state index contributed by atoms with van der Waals surface area (Å²) >= 11 is 0. The number of fused-ring (bicyclic) bond motifs is 1. The minimum Gasteiger partial charge on any atom is -0.347 e. The largest absolute Gasteiger partial charge is 0.407 e. The quantitative estimate of drug-likeness (QED) is 0.601. The fourth-order valence-electron chi connectivity index (χ4n) is 3.32. The molecule has 29 heavy (non-hydrogen) atoms. The molecule has 0 unspecified atom stereocenters. The molecular formula is C21H20F4N4. The van der Waals surface area contributed by atoms with E-state index in [4.69, 9.17) is 5.73 Å². The molecule has 1 atom stereocenters. The number of nitrogens with two attached hydrogens (primary N) is 1. The van der Waals surface area contributed by atoms with Gasteiger partial charge in [0.05, 0.1) is 0 Å². The van der Waals surface area contributed by atoms with Gasteiger partial charge in [-0.3, -0.25) is 0 Å². The van der Waals surface area contributed by atoms with Crippen LogP contribution in [-0.4, -0.2) is 15.7 Å². The van der Waals surface area contributed by atoms with E-state index in [0.717, 1.165) is 6.07 Å². The van der Waals surface area contributed by atoms with Gasteiger partial charge in [-0.05, 0) is 29.7 Å². The Balaban J connectivity index is 2.31.